The number of piperidine rings is 1. The Kier molecular flexibility index (Phi) is 7.75. The van der Waals surface area contributed by atoms with E-state index in [0.717, 1.165) is 22.3 Å². The van der Waals surface area contributed by atoms with Gasteiger partial charge in [-0.2, -0.15) is 0 Å². The van der Waals surface area contributed by atoms with E-state index >= 15 is 0 Å². The average molecular weight is 489 g/mol. The maximum absolute atomic E-state index is 13.6. The molecule has 4 nitrogen and oxygen atoms in total. The van der Waals surface area contributed by atoms with Crippen LogP contribution in [0.4, 0.5) is 0 Å². The first-order valence-corrected chi connectivity index (χ1v) is 13.0. The molecule has 0 aromatic heterocycles. The molecule has 0 radical (unpaired) electrons. The summed E-state index contributed by atoms with van der Waals surface area (Å²) in [6.07, 6.45) is 1.37. The molecule has 37 heavy (non-hydrogen) atoms. The van der Waals surface area contributed by atoms with Crippen molar-refractivity contribution < 1.29 is 9.59 Å². The van der Waals surface area contributed by atoms with Crippen LogP contribution < -0.4 is 0 Å². The molecule has 1 fully saturated rings. The quantitative estimate of drug-likeness (QED) is 0.301. The molecule has 1 heterocycles. The molecule has 0 aliphatic carbocycles. The topological polar surface area (TPSA) is 40.6 Å². The SMILES string of the molecule is O=C(c1ccc(-c2ccccc2)cc1)N1CCC(C(=O)N(Cc2ccccc2)Cc2ccccc2)CC1. The zero-order valence-electron chi connectivity index (χ0n) is 21.0. The van der Waals surface area contributed by atoms with Gasteiger partial charge in [0.05, 0.1) is 0 Å². The van der Waals surface area contributed by atoms with E-state index in [1.165, 1.54) is 0 Å². The van der Waals surface area contributed by atoms with E-state index in [0.29, 0.717) is 44.6 Å². The van der Waals surface area contributed by atoms with Crippen LogP contribution in [0, 0.1) is 5.92 Å². The predicted octanol–water partition coefficient (Wildman–Crippen LogP) is 6.43. The summed E-state index contributed by atoms with van der Waals surface area (Å²) in [6, 6.07) is 38.3. The minimum absolute atomic E-state index is 0.0379. The van der Waals surface area contributed by atoms with Crippen molar-refractivity contribution in [1.29, 1.82) is 0 Å². The standard InChI is InChI=1S/C33H32N2O2/c36-32(30-18-16-29(17-19-30)28-14-8-3-9-15-28)34-22-20-31(21-23-34)33(37)35(24-26-10-4-1-5-11-26)25-27-12-6-2-7-13-27/h1-19,31H,20-25H2. The van der Waals surface area contributed by atoms with Crippen molar-refractivity contribution in [2.75, 3.05) is 13.1 Å². The molecule has 0 atom stereocenters. The third kappa shape index (κ3) is 6.15. The van der Waals surface area contributed by atoms with Crippen LogP contribution in [-0.4, -0.2) is 34.7 Å². The van der Waals surface area contributed by atoms with Crippen LogP contribution in [-0.2, 0) is 17.9 Å². The molecule has 4 aromatic rings. The zero-order valence-corrected chi connectivity index (χ0v) is 21.0. The highest BCUT2D eigenvalue weighted by Gasteiger charge is 2.30. The number of benzene rings is 4. The first-order valence-electron chi connectivity index (χ1n) is 13.0. The summed E-state index contributed by atoms with van der Waals surface area (Å²) in [5, 5.41) is 0. The van der Waals surface area contributed by atoms with Crippen LogP contribution >= 0.6 is 0 Å². The van der Waals surface area contributed by atoms with Crippen molar-refractivity contribution in [3.05, 3.63) is 132 Å². The van der Waals surface area contributed by atoms with Gasteiger partial charge in [0.1, 0.15) is 0 Å². The Bertz CT molecular complexity index is 1260. The molecule has 1 aliphatic heterocycles. The van der Waals surface area contributed by atoms with E-state index in [2.05, 4.69) is 36.4 Å². The number of carbonyl (C=O) groups is 2. The van der Waals surface area contributed by atoms with Gasteiger partial charge in [0, 0.05) is 37.7 Å². The monoisotopic (exact) mass is 488 g/mol. The van der Waals surface area contributed by atoms with Gasteiger partial charge in [0.2, 0.25) is 5.91 Å². The summed E-state index contributed by atoms with van der Waals surface area (Å²) >= 11 is 0. The Morgan fingerprint density at radius 1 is 0.622 bits per heavy atom. The molecule has 2 amide bonds. The van der Waals surface area contributed by atoms with Gasteiger partial charge >= 0.3 is 0 Å². The third-order valence-corrected chi connectivity index (χ3v) is 7.11. The van der Waals surface area contributed by atoms with Crippen LogP contribution in [0.25, 0.3) is 11.1 Å². The lowest BCUT2D eigenvalue weighted by Crippen LogP contribution is -2.44. The van der Waals surface area contributed by atoms with E-state index in [9.17, 15) is 9.59 Å². The molecule has 186 valence electrons. The fraction of sp³-hybridized carbons (Fsp3) is 0.212. The van der Waals surface area contributed by atoms with Gasteiger partial charge in [0.25, 0.3) is 5.91 Å². The van der Waals surface area contributed by atoms with Gasteiger partial charge in [0.15, 0.2) is 0 Å². The molecular formula is C33H32N2O2. The molecule has 1 aliphatic rings. The minimum atomic E-state index is -0.0723. The summed E-state index contributed by atoms with van der Waals surface area (Å²) in [5.41, 5.74) is 5.17. The second kappa shape index (κ2) is 11.7. The molecular weight excluding hydrogens is 456 g/mol. The summed E-state index contributed by atoms with van der Waals surface area (Å²) in [7, 11) is 0. The lowest BCUT2D eigenvalue weighted by molar-refractivity contribution is -0.138. The number of hydrogen-bond acceptors (Lipinski definition) is 2. The number of rotatable bonds is 7. The van der Waals surface area contributed by atoms with E-state index < -0.39 is 0 Å². The second-order valence-corrected chi connectivity index (χ2v) is 9.68. The minimum Gasteiger partial charge on any atom is -0.339 e. The maximum Gasteiger partial charge on any atom is 0.253 e. The number of hydrogen-bond donors (Lipinski definition) is 0. The fourth-order valence-electron chi connectivity index (χ4n) is 5.03. The van der Waals surface area contributed by atoms with E-state index in [1.54, 1.807) is 0 Å². The highest BCUT2D eigenvalue weighted by atomic mass is 16.2. The highest BCUT2D eigenvalue weighted by Crippen LogP contribution is 2.25. The maximum atomic E-state index is 13.6. The van der Waals surface area contributed by atoms with Crippen molar-refractivity contribution in [1.82, 2.24) is 9.80 Å². The van der Waals surface area contributed by atoms with E-state index in [-0.39, 0.29) is 17.7 Å². The number of carbonyl (C=O) groups excluding carboxylic acids is 2. The van der Waals surface area contributed by atoms with Crippen LogP contribution in [0.15, 0.2) is 115 Å². The molecule has 0 unspecified atom stereocenters. The number of amides is 2. The number of likely N-dealkylation sites (tertiary alicyclic amines) is 1. The first-order chi connectivity index (χ1) is 18.2. The molecule has 5 rings (SSSR count). The van der Waals surface area contributed by atoms with Crippen LogP contribution in [0.2, 0.25) is 0 Å². The van der Waals surface area contributed by atoms with Crippen molar-refractivity contribution in [2.45, 2.75) is 25.9 Å². The van der Waals surface area contributed by atoms with Gasteiger partial charge in [-0.15, -0.1) is 0 Å². The Balaban J connectivity index is 1.22. The fourth-order valence-corrected chi connectivity index (χ4v) is 5.03. The number of nitrogens with zero attached hydrogens (tertiary/aromatic N) is 2. The van der Waals surface area contributed by atoms with Crippen LogP contribution in [0.3, 0.4) is 0 Å². The lowest BCUT2D eigenvalue weighted by Gasteiger charge is -2.34. The largest absolute Gasteiger partial charge is 0.339 e. The predicted molar refractivity (Wildman–Crippen MR) is 148 cm³/mol. The summed E-state index contributed by atoms with van der Waals surface area (Å²) in [5.74, 6) is 0.139. The molecule has 0 saturated carbocycles. The van der Waals surface area contributed by atoms with Crippen molar-refractivity contribution >= 4 is 11.8 Å². The molecule has 0 N–H and O–H groups in total. The van der Waals surface area contributed by atoms with Crippen molar-refractivity contribution in [2.24, 2.45) is 5.92 Å². The van der Waals surface area contributed by atoms with E-state index in [4.69, 9.17) is 0 Å². The average Bonchev–Trinajstić information content (AvgIpc) is 2.98. The lowest BCUT2D eigenvalue weighted by atomic mass is 9.94. The van der Waals surface area contributed by atoms with E-state index in [1.807, 2.05) is 88.7 Å². The Morgan fingerprint density at radius 3 is 1.59 bits per heavy atom. The van der Waals surface area contributed by atoms with Gasteiger partial charge < -0.3 is 9.80 Å². The zero-order chi connectivity index (χ0) is 25.5. The summed E-state index contributed by atoms with van der Waals surface area (Å²) < 4.78 is 0. The van der Waals surface area contributed by atoms with Crippen LogP contribution in [0.5, 0.6) is 0 Å². The second-order valence-electron chi connectivity index (χ2n) is 9.68. The Hall–Kier alpha value is -4.18. The van der Waals surface area contributed by atoms with Gasteiger partial charge in [-0.1, -0.05) is 103 Å². The molecule has 1 saturated heterocycles. The molecule has 4 heteroatoms. The molecule has 4 aromatic carbocycles. The van der Waals surface area contributed by atoms with Gasteiger partial charge in [-0.25, -0.2) is 0 Å². The first kappa shape index (κ1) is 24.5. The summed E-state index contributed by atoms with van der Waals surface area (Å²) in [6.45, 7) is 2.36. The van der Waals surface area contributed by atoms with Crippen molar-refractivity contribution in [3.63, 3.8) is 0 Å². The Labute approximate surface area is 219 Å². The molecule has 0 spiro atoms. The summed E-state index contributed by atoms with van der Waals surface area (Å²) in [4.78, 5) is 30.7. The van der Waals surface area contributed by atoms with Crippen molar-refractivity contribution in [3.8, 4) is 11.1 Å². The van der Waals surface area contributed by atoms with Gasteiger partial charge in [-0.3, -0.25) is 9.59 Å². The van der Waals surface area contributed by atoms with Gasteiger partial charge in [-0.05, 0) is 47.2 Å². The molecule has 0 bridgehead atoms. The third-order valence-electron chi connectivity index (χ3n) is 7.11. The Morgan fingerprint density at radius 2 is 1.08 bits per heavy atom. The normalized spacial score (nSPS) is 13.8. The van der Waals surface area contributed by atoms with Crippen LogP contribution in [0.1, 0.15) is 34.3 Å². The highest BCUT2D eigenvalue weighted by molar-refractivity contribution is 5.95. The smallest absolute Gasteiger partial charge is 0.253 e.